The molecule has 25 heavy (non-hydrogen) atoms. The molecule has 0 atom stereocenters. The minimum absolute atomic E-state index is 0.269. The molecule has 1 N–H and O–H groups in total. The molecule has 0 saturated carbocycles. The highest BCUT2D eigenvalue weighted by Crippen LogP contribution is 2.28. The molecule has 6 nitrogen and oxygen atoms in total. The zero-order valence-corrected chi connectivity index (χ0v) is 15.5. The van der Waals surface area contributed by atoms with Gasteiger partial charge in [-0.2, -0.15) is 0 Å². The molecule has 0 spiro atoms. The minimum Gasteiger partial charge on any atom is -0.396 e. The lowest BCUT2D eigenvalue weighted by molar-refractivity contribution is 0.122. The van der Waals surface area contributed by atoms with Crippen LogP contribution in [-0.4, -0.2) is 58.5 Å². The summed E-state index contributed by atoms with van der Waals surface area (Å²) in [6, 6.07) is 8.45. The first-order valence-electron chi connectivity index (χ1n) is 8.88. The van der Waals surface area contributed by atoms with E-state index >= 15 is 0 Å². The molecule has 1 aliphatic heterocycles. The molecule has 0 radical (unpaired) electrons. The summed E-state index contributed by atoms with van der Waals surface area (Å²) >= 11 is 1.73. The summed E-state index contributed by atoms with van der Waals surface area (Å²) < 4.78 is 7.63. The van der Waals surface area contributed by atoms with Crippen LogP contribution in [-0.2, 0) is 4.74 Å². The van der Waals surface area contributed by atoms with Crippen molar-refractivity contribution in [2.75, 3.05) is 43.6 Å². The van der Waals surface area contributed by atoms with Crippen LogP contribution in [0, 0.1) is 6.92 Å². The molecule has 1 aromatic heterocycles. The molecule has 2 aromatic rings. The highest BCUT2D eigenvalue weighted by atomic mass is 32.2. The number of benzene rings is 1. The van der Waals surface area contributed by atoms with E-state index in [1.807, 2.05) is 0 Å². The van der Waals surface area contributed by atoms with Gasteiger partial charge in [-0.05, 0) is 37.5 Å². The first kappa shape index (κ1) is 18.2. The van der Waals surface area contributed by atoms with E-state index in [-0.39, 0.29) is 6.61 Å². The van der Waals surface area contributed by atoms with E-state index in [9.17, 15) is 0 Å². The average Bonchev–Trinajstić information content (AvgIpc) is 3.06. The monoisotopic (exact) mass is 362 g/mol. The maximum atomic E-state index is 8.90. The number of unbranched alkanes of at least 4 members (excludes halogenated alkanes) is 2. The molecular formula is C18H26N4O2S. The zero-order chi connectivity index (χ0) is 17.5. The number of anilines is 1. The van der Waals surface area contributed by atoms with E-state index in [2.05, 4.69) is 50.9 Å². The van der Waals surface area contributed by atoms with Crippen molar-refractivity contribution in [3.05, 3.63) is 29.8 Å². The normalized spacial score (nSPS) is 14.9. The number of aryl methyl sites for hydroxylation is 1. The van der Waals surface area contributed by atoms with Gasteiger partial charge in [-0.3, -0.25) is 4.57 Å². The smallest absolute Gasteiger partial charge is 0.232 e. The van der Waals surface area contributed by atoms with Crippen LogP contribution < -0.4 is 4.90 Å². The molecule has 1 saturated heterocycles. The summed E-state index contributed by atoms with van der Waals surface area (Å²) in [6.45, 7) is 5.50. The van der Waals surface area contributed by atoms with Gasteiger partial charge in [0.2, 0.25) is 5.95 Å². The Bertz CT molecular complexity index is 671. The van der Waals surface area contributed by atoms with Gasteiger partial charge < -0.3 is 14.7 Å². The van der Waals surface area contributed by atoms with E-state index in [1.165, 1.54) is 5.56 Å². The van der Waals surface area contributed by atoms with Crippen LogP contribution in [0.5, 0.6) is 0 Å². The van der Waals surface area contributed by atoms with Gasteiger partial charge in [0.05, 0.1) is 18.9 Å². The molecule has 7 heteroatoms. The molecule has 0 unspecified atom stereocenters. The molecule has 0 amide bonds. The summed E-state index contributed by atoms with van der Waals surface area (Å²) in [6.07, 6.45) is 2.97. The predicted molar refractivity (Wildman–Crippen MR) is 101 cm³/mol. The quantitative estimate of drug-likeness (QED) is 0.575. The first-order valence-corrected chi connectivity index (χ1v) is 9.87. The Hall–Kier alpha value is -1.57. The summed E-state index contributed by atoms with van der Waals surface area (Å²) in [7, 11) is 0. The Labute approximate surface area is 153 Å². The number of rotatable bonds is 8. The Balaban J connectivity index is 1.83. The fraction of sp³-hybridized carbons (Fsp3) is 0.556. The largest absolute Gasteiger partial charge is 0.396 e. The van der Waals surface area contributed by atoms with Crippen molar-refractivity contribution in [3.8, 4) is 5.69 Å². The molecule has 1 aliphatic rings. The third-order valence-corrected chi connectivity index (χ3v) is 5.22. The van der Waals surface area contributed by atoms with Crippen LogP contribution in [0.4, 0.5) is 5.95 Å². The average molecular weight is 362 g/mol. The number of aliphatic hydroxyl groups excluding tert-OH is 1. The lowest BCUT2D eigenvalue weighted by atomic mass is 10.2. The van der Waals surface area contributed by atoms with Gasteiger partial charge in [0.15, 0.2) is 5.16 Å². The number of aromatic nitrogens is 3. The van der Waals surface area contributed by atoms with Gasteiger partial charge in [-0.25, -0.2) is 0 Å². The van der Waals surface area contributed by atoms with E-state index in [4.69, 9.17) is 9.84 Å². The van der Waals surface area contributed by atoms with Crippen LogP contribution >= 0.6 is 11.8 Å². The van der Waals surface area contributed by atoms with Crippen molar-refractivity contribution in [3.63, 3.8) is 0 Å². The number of hydrogen-bond acceptors (Lipinski definition) is 6. The molecule has 0 aliphatic carbocycles. The Morgan fingerprint density at radius 1 is 1.16 bits per heavy atom. The SMILES string of the molecule is Cc1cccc(-n2c(SCCCCCO)nnc2N2CCOCC2)c1. The fourth-order valence-electron chi connectivity index (χ4n) is 2.87. The van der Waals surface area contributed by atoms with E-state index < -0.39 is 0 Å². The molecular weight excluding hydrogens is 336 g/mol. The first-order chi connectivity index (χ1) is 12.3. The summed E-state index contributed by atoms with van der Waals surface area (Å²) in [5, 5.41) is 18.8. The number of nitrogens with zero attached hydrogens (tertiary/aromatic N) is 4. The van der Waals surface area contributed by atoms with Gasteiger partial charge in [0.25, 0.3) is 0 Å². The van der Waals surface area contributed by atoms with Gasteiger partial charge in [-0.1, -0.05) is 30.3 Å². The van der Waals surface area contributed by atoms with Gasteiger partial charge in [0, 0.05) is 25.4 Å². The maximum absolute atomic E-state index is 8.90. The fourth-order valence-corrected chi connectivity index (χ4v) is 3.82. The minimum atomic E-state index is 0.269. The molecule has 136 valence electrons. The molecule has 1 fully saturated rings. The van der Waals surface area contributed by atoms with E-state index in [0.29, 0.717) is 0 Å². The van der Waals surface area contributed by atoms with E-state index in [1.54, 1.807) is 11.8 Å². The van der Waals surface area contributed by atoms with Crippen molar-refractivity contribution in [1.82, 2.24) is 14.8 Å². The van der Waals surface area contributed by atoms with Crippen LogP contribution in [0.15, 0.2) is 29.4 Å². The molecule has 0 bridgehead atoms. The van der Waals surface area contributed by atoms with Gasteiger partial charge >= 0.3 is 0 Å². The summed E-state index contributed by atoms with van der Waals surface area (Å²) in [5.74, 6) is 1.87. The lowest BCUT2D eigenvalue weighted by Crippen LogP contribution is -2.37. The van der Waals surface area contributed by atoms with Crippen LogP contribution in [0.3, 0.4) is 0 Å². The topological polar surface area (TPSA) is 63.4 Å². The van der Waals surface area contributed by atoms with Crippen molar-refractivity contribution in [1.29, 1.82) is 0 Å². The number of morpholine rings is 1. The van der Waals surface area contributed by atoms with Crippen molar-refractivity contribution in [2.45, 2.75) is 31.3 Å². The van der Waals surface area contributed by atoms with E-state index in [0.717, 1.165) is 68.1 Å². The standard InChI is InChI=1S/C18H26N4O2S/c1-15-6-5-7-16(14-15)22-17(21-8-11-24-12-9-21)19-20-18(22)25-13-4-2-3-10-23/h5-7,14,23H,2-4,8-13H2,1H3. The number of aliphatic hydroxyl groups is 1. The Morgan fingerprint density at radius 3 is 2.76 bits per heavy atom. The second kappa shape index (κ2) is 9.22. The number of thioether (sulfide) groups is 1. The number of ether oxygens (including phenoxy) is 1. The van der Waals surface area contributed by atoms with Crippen LogP contribution in [0.1, 0.15) is 24.8 Å². The predicted octanol–water partition coefficient (Wildman–Crippen LogP) is 2.67. The summed E-state index contributed by atoms with van der Waals surface area (Å²) in [4.78, 5) is 2.24. The second-order valence-corrected chi connectivity index (χ2v) is 7.25. The highest BCUT2D eigenvalue weighted by molar-refractivity contribution is 7.99. The van der Waals surface area contributed by atoms with Gasteiger partial charge in [0.1, 0.15) is 0 Å². The highest BCUT2D eigenvalue weighted by Gasteiger charge is 2.21. The van der Waals surface area contributed by atoms with Crippen LogP contribution in [0.25, 0.3) is 5.69 Å². The lowest BCUT2D eigenvalue weighted by Gasteiger charge is -2.28. The third kappa shape index (κ3) is 4.74. The Kier molecular flexibility index (Phi) is 6.72. The number of hydrogen-bond donors (Lipinski definition) is 1. The van der Waals surface area contributed by atoms with Crippen LogP contribution in [0.2, 0.25) is 0 Å². The molecule has 3 rings (SSSR count). The maximum Gasteiger partial charge on any atom is 0.232 e. The molecule has 1 aromatic carbocycles. The van der Waals surface area contributed by atoms with Crippen molar-refractivity contribution in [2.24, 2.45) is 0 Å². The van der Waals surface area contributed by atoms with Crippen molar-refractivity contribution < 1.29 is 9.84 Å². The zero-order valence-electron chi connectivity index (χ0n) is 14.7. The molecule has 2 heterocycles. The van der Waals surface area contributed by atoms with Gasteiger partial charge in [-0.15, -0.1) is 10.2 Å². The summed E-state index contributed by atoms with van der Waals surface area (Å²) in [5.41, 5.74) is 2.32. The second-order valence-electron chi connectivity index (χ2n) is 6.19. The Morgan fingerprint density at radius 2 is 2.00 bits per heavy atom. The third-order valence-electron chi connectivity index (χ3n) is 4.20. The van der Waals surface area contributed by atoms with Crippen molar-refractivity contribution >= 4 is 17.7 Å².